The Labute approximate surface area is 90.7 Å². The summed E-state index contributed by atoms with van der Waals surface area (Å²) in [7, 11) is 0. The maximum absolute atomic E-state index is 10.8. The number of carbonyl (C=O) groups excluding carboxylic acids is 1. The lowest BCUT2D eigenvalue weighted by Gasteiger charge is -2.13. The molecule has 3 nitrogen and oxygen atoms in total. The highest BCUT2D eigenvalue weighted by Crippen LogP contribution is 2.13. The summed E-state index contributed by atoms with van der Waals surface area (Å²) >= 11 is 5.21. The minimum Gasteiger partial charge on any atom is -0.434 e. The second-order valence-corrected chi connectivity index (χ2v) is 3.45. The molecule has 0 aromatic carbocycles. The van der Waals surface area contributed by atoms with Crippen LogP contribution in [0.15, 0.2) is 0 Å². The van der Waals surface area contributed by atoms with Gasteiger partial charge in [0.1, 0.15) is 0 Å². The molecule has 1 unspecified atom stereocenters. The first-order valence-corrected chi connectivity index (χ1v) is 5.63. The highest BCUT2D eigenvalue weighted by atomic mass is 35.5. The van der Waals surface area contributed by atoms with E-state index in [-0.39, 0.29) is 6.07 Å². The molecule has 0 fully saturated rings. The molecule has 4 heteroatoms. The van der Waals surface area contributed by atoms with Crippen molar-refractivity contribution in [1.82, 2.24) is 0 Å². The molecule has 84 valence electrons. The first-order chi connectivity index (χ1) is 6.74. The molecule has 0 N–H and O–H groups in total. The number of unbranched alkanes of at least 4 members (excludes halogenated alkanes) is 1. The molecule has 0 bridgehead atoms. The smallest absolute Gasteiger partial charge is 0.434 e. The fourth-order valence-electron chi connectivity index (χ4n) is 1.17. The SMILES string of the molecule is CCCCC(CC)COC(=O)OCCl. The number of carbonyl (C=O) groups is 1. The van der Waals surface area contributed by atoms with Crippen LogP contribution in [0.4, 0.5) is 4.79 Å². The van der Waals surface area contributed by atoms with E-state index >= 15 is 0 Å². The van der Waals surface area contributed by atoms with E-state index in [4.69, 9.17) is 16.3 Å². The molecule has 0 aliphatic heterocycles. The van der Waals surface area contributed by atoms with Crippen molar-refractivity contribution < 1.29 is 14.3 Å². The zero-order chi connectivity index (χ0) is 10.8. The van der Waals surface area contributed by atoms with Gasteiger partial charge < -0.3 is 9.47 Å². The minimum absolute atomic E-state index is 0.148. The Balaban J connectivity index is 3.55. The Kier molecular flexibility index (Phi) is 8.84. The van der Waals surface area contributed by atoms with Gasteiger partial charge in [0.25, 0.3) is 0 Å². The second kappa shape index (κ2) is 9.13. The standard InChI is InChI=1S/C10H19ClO3/c1-3-5-6-9(4-2)7-13-10(12)14-8-11/h9H,3-8H2,1-2H3. The predicted octanol–water partition coefficient (Wildman–Crippen LogP) is 3.55. The molecule has 0 aromatic heterocycles. The zero-order valence-electron chi connectivity index (χ0n) is 8.92. The normalized spacial score (nSPS) is 12.2. The van der Waals surface area contributed by atoms with Crippen LogP contribution in [0.2, 0.25) is 0 Å². The van der Waals surface area contributed by atoms with Crippen LogP contribution < -0.4 is 0 Å². The quantitative estimate of drug-likeness (QED) is 0.488. The Hall–Kier alpha value is -0.440. The van der Waals surface area contributed by atoms with Gasteiger partial charge in [-0.15, -0.1) is 0 Å². The molecule has 0 aliphatic rings. The highest BCUT2D eigenvalue weighted by Gasteiger charge is 2.10. The van der Waals surface area contributed by atoms with Crippen LogP contribution in [0.25, 0.3) is 0 Å². The van der Waals surface area contributed by atoms with Crippen LogP contribution in [0.3, 0.4) is 0 Å². The van der Waals surface area contributed by atoms with Gasteiger partial charge in [-0.1, -0.05) is 44.7 Å². The molecule has 0 saturated heterocycles. The Morgan fingerprint density at radius 2 is 2.07 bits per heavy atom. The van der Waals surface area contributed by atoms with E-state index in [1.54, 1.807) is 0 Å². The van der Waals surface area contributed by atoms with Gasteiger partial charge in [-0.25, -0.2) is 4.79 Å². The summed E-state index contributed by atoms with van der Waals surface area (Å²) in [5.41, 5.74) is 0. The molecule has 0 aromatic rings. The molecule has 0 heterocycles. The number of hydrogen-bond acceptors (Lipinski definition) is 3. The lowest BCUT2D eigenvalue weighted by molar-refractivity contribution is 0.0535. The second-order valence-electron chi connectivity index (χ2n) is 3.23. The van der Waals surface area contributed by atoms with Crippen molar-refractivity contribution in [1.29, 1.82) is 0 Å². The first-order valence-electron chi connectivity index (χ1n) is 5.10. The summed E-state index contributed by atoms with van der Waals surface area (Å²) in [4.78, 5) is 10.8. The van der Waals surface area contributed by atoms with Gasteiger partial charge in [0, 0.05) is 0 Å². The van der Waals surface area contributed by atoms with Crippen LogP contribution in [-0.2, 0) is 9.47 Å². The van der Waals surface area contributed by atoms with Gasteiger partial charge in [0.05, 0.1) is 6.61 Å². The topological polar surface area (TPSA) is 35.5 Å². The number of rotatable bonds is 7. The van der Waals surface area contributed by atoms with Crippen molar-refractivity contribution >= 4 is 17.8 Å². The van der Waals surface area contributed by atoms with E-state index in [0.717, 1.165) is 12.8 Å². The molecule has 0 spiro atoms. The summed E-state index contributed by atoms with van der Waals surface area (Å²) in [5, 5.41) is 0. The maximum Gasteiger partial charge on any atom is 0.509 e. The average Bonchev–Trinajstić information content (AvgIpc) is 2.19. The van der Waals surface area contributed by atoms with Gasteiger partial charge in [-0.05, 0) is 12.3 Å². The van der Waals surface area contributed by atoms with Gasteiger partial charge in [0.2, 0.25) is 0 Å². The monoisotopic (exact) mass is 222 g/mol. The van der Waals surface area contributed by atoms with Crippen LogP contribution in [0.1, 0.15) is 39.5 Å². The zero-order valence-corrected chi connectivity index (χ0v) is 9.68. The third kappa shape index (κ3) is 7.01. The number of halogens is 1. The highest BCUT2D eigenvalue weighted by molar-refractivity contribution is 6.17. The van der Waals surface area contributed by atoms with Crippen LogP contribution in [-0.4, -0.2) is 18.8 Å². The van der Waals surface area contributed by atoms with E-state index < -0.39 is 6.16 Å². The van der Waals surface area contributed by atoms with E-state index in [1.165, 1.54) is 12.8 Å². The largest absolute Gasteiger partial charge is 0.509 e. The third-order valence-electron chi connectivity index (χ3n) is 2.15. The summed E-state index contributed by atoms with van der Waals surface area (Å²) in [6.07, 6.45) is 3.79. The summed E-state index contributed by atoms with van der Waals surface area (Å²) in [6, 6.07) is -0.148. The average molecular weight is 223 g/mol. The van der Waals surface area contributed by atoms with E-state index in [0.29, 0.717) is 12.5 Å². The molecular formula is C10H19ClO3. The fourth-order valence-corrected chi connectivity index (χ4v) is 1.26. The lowest BCUT2D eigenvalue weighted by Crippen LogP contribution is -2.14. The molecule has 0 aliphatic carbocycles. The van der Waals surface area contributed by atoms with Crippen LogP contribution in [0, 0.1) is 5.92 Å². The Morgan fingerprint density at radius 1 is 1.36 bits per heavy atom. The van der Waals surface area contributed by atoms with Crippen molar-refractivity contribution in [3.8, 4) is 0 Å². The molecular weight excluding hydrogens is 204 g/mol. The summed E-state index contributed by atoms with van der Waals surface area (Å²) in [5.74, 6) is 0.442. The van der Waals surface area contributed by atoms with Gasteiger partial charge in [-0.3, -0.25) is 0 Å². The maximum atomic E-state index is 10.8. The third-order valence-corrected chi connectivity index (χ3v) is 2.26. The number of alkyl halides is 1. The van der Waals surface area contributed by atoms with E-state index in [9.17, 15) is 4.79 Å². The van der Waals surface area contributed by atoms with E-state index in [2.05, 4.69) is 18.6 Å². The lowest BCUT2D eigenvalue weighted by atomic mass is 10.0. The van der Waals surface area contributed by atoms with Crippen molar-refractivity contribution in [2.45, 2.75) is 39.5 Å². The van der Waals surface area contributed by atoms with Gasteiger partial charge >= 0.3 is 6.16 Å². The van der Waals surface area contributed by atoms with Crippen LogP contribution >= 0.6 is 11.6 Å². The number of ether oxygens (including phenoxy) is 2. The van der Waals surface area contributed by atoms with E-state index in [1.807, 2.05) is 0 Å². The molecule has 14 heavy (non-hydrogen) atoms. The minimum atomic E-state index is -0.671. The fraction of sp³-hybridized carbons (Fsp3) is 0.900. The van der Waals surface area contributed by atoms with Gasteiger partial charge in [0.15, 0.2) is 6.07 Å². The van der Waals surface area contributed by atoms with Crippen molar-refractivity contribution in [3.05, 3.63) is 0 Å². The number of hydrogen-bond donors (Lipinski definition) is 0. The summed E-state index contributed by atoms with van der Waals surface area (Å²) in [6.45, 7) is 4.68. The van der Waals surface area contributed by atoms with Crippen molar-refractivity contribution in [2.24, 2.45) is 5.92 Å². The Bertz CT molecular complexity index is 150. The molecule has 1 atom stereocenters. The van der Waals surface area contributed by atoms with Gasteiger partial charge in [-0.2, -0.15) is 0 Å². The molecule has 0 radical (unpaired) electrons. The van der Waals surface area contributed by atoms with Crippen molar-refractivity contribution in [2.75, 3.05) is 12.7 Å². The predicted molar refractivity (Wildman–Crippen MR) is 56.5 cm³/mol. The Morgan fingerprint density at radius 3 is 2.57 bits per heavy atom. The van der Waals surface area contributed by atoms with Crippen molar-refractivity contribution in [3.63, 3.8) is 0 Å². The van der Waals surface area contributed by atoms with Crippen LogP contribution in [0.5, 0.6) is 0 Å². The molecule has 0 saturated carbocycles. The summed E-state index contributed by atoms with van der Waals surface area (Å²) < 4.78 is 9.33. The first kappa shape index (κ1) is 13.6. The molecule has 0 rings (SSSR count). The molecule has 0 amide bonds.